The first-order chi connectivity index (χ1) is 14.1. The molecule has 0 aliphatic heterocycles. The van der Waals surface area contributed by atoms with Gasteiger partial charge in [0.25, 0.3) is 0 Å². The number of aldehydes is 1. The molecule has 2 rings (SSSR count). The molecule has 0 bridgehead atoms. The number of hydrogen-bond acceptors (Lipinski definition) is 5. The Balaban J connectivity index is 0.000000316. The van der Waals surface area contributed by atoms with Gasteiger partial charge in [-0.1, -0.05) is 53.7 Å². The third-order valence-electron chi connectivity index (χ3n) is 4.63. The molecule has 31 heavy (non-hydrogen) atoms. The summed E-state index contributed by atoms with van der Waals surface area (Å²) in [6, 6.07) is 9.38. The molecular weight excluding hydrogens is 390 g/mol. The van der Waals surface area contributed by atoms with Gasteiger partial charge in [0, 0.05) is 18.1 Å². The van der Waals surface area contributed by atoms with Crippen LogP contribution in [0.15, 0.2) is 24.3 Å². The number of hydrogen-bond donors (Lipinski definition) is 1. The van der Waals surface area contributed by atoms with E-state index < -0.39 is 5.97 Å². The van der Waals surface area contributed by atoms with Crippen molar-refractivity contribution in [3.8, 4) is 17.6 Å². The number of carbonyl (C=O) groups excluding carboxylic acids is 2. The molecule has 0 aliphatic carbocycles. The Hall–Kier alpha value is -3.13. The van der Waals surface area contributed by atoms with Crippen LogP contribution in [0.2, 0.25) is 0 Å². The number of benzene rings is 2. The van der Waals surface area contributed by atoms with Crippen LogP contribution in [0.4, 0.5) is 0 Å². The number of rotatable bonds is 2. The smallest absolute Gasteiger partial charge is 0.308 e. The van der Waals surface area contributed by atoms with E-state index >= 15 is 0 Å². The van der Waals surface area contributed by atoms with Crippen molar-refractivity contribution in [1.29, 1.82) is 5.26 Å². The highest BCUT2D eigenvalue weighted by Crippen LogP contribution is 2.35. The molecule has 166 valence electrons. The molecule has 0 saturated heterocycles. The van der Waals surface area contributed by atoms with E-state index in [1.165, 1.54) is 6.92 Å². The van der Waals surface area contributed by atoms with Crippen molar-refractivity contribution in [1.82, 2.24) is 0 Å². The predicted octanol–water partition coefficient (Wildman–Crippen LogP) is 5.90. The van der Waals surface area contributed by atoms with Crippen LogP contribution in [0.1, 0.15) is 86.6 Å². The molecule has 0 radical (unpaired) electrons. The Kier molecular flexibility index (Phi) is 8.18. The normalized spacial score (nSPS) is 11.1. The molecule has 1 N–H and O–H groups in total. The SMILES string of the molecule is CC(=O)Oc1c(C#N)cc(C)cc1C(C)(C)C.Cc1cc(C=O)c(O)c(C(C)(C)C)c1. The van der Waals surface area contributed by atoms with Crippen LogP contribution < -0.4 is 4.74 Å². The van der Waals surface area contributed by atoms with Gasteiger partial charge in [-0.05, 0) is 47.9 Å². The predicted molar refractivity (Wildman–Crippen MR) is 123 cm³/mol. The summed E-state index contributed by atoms with van der Waals surface area (Å²) in [6.45, 7) is 17.3. The van der Waals surface area contributed by atoms with Gasteiger partial charge in [0.15, 0.2) is 12.0 Å². The Bertz CT molecular complexity index is 1020. The molecule has 0 saturated carbocycles. The van der Waals surface area contributed by atoms with Crippen LogP contribution in [0.3, 0.4) is 0 Å². The Morgan fingerprint density at radius 3 is 1.87 bits per heavy atom. The van der Waals surface area contributed by atoms with Gasteiger partial charge in [-0.25, -0.2) is 0 Å². The largest absolute Gasteiger partial charge is 0.507 e. The second-order valence-corrected chi connectivity index (χ2v) is 9.76. The highest BCUT2D eigenvalue weighted by molar-refractivity contribution is 5.80. The summed E-state index contributed by atoms with van der Waals surface area (Å²) in [4.78, 5) is 21.8. The summed E-state index contributed by atoms with van der Waals surface area (Å²) in [7, 11) is 0. The van der Waals surface area contributed by atoms with Crippen LogP contribution in [0.25, 0.3) is 0 Å². The van der Waals surface area contributed by atoms with Gasteiger partial charge in [-0.15, -0.1) is 0 Å². The summed E-state index contributed by atoms with van der Waals surface area (Å²) in [5.41, 5.74) is 4.14. The number of esters is 1. The van der Waals surface area contributed by atoms with E-state index in [-0.39, 0.29) is 16.6 Å². The fourth-order valence-electron chi connectivity index (χ4n) is 3.14. The lowest BCUT2D eigenvalue weighted by molar-refractivity contribution is -0.132. The zero-order valence-corrected chi connectivity index (χ0v) is 20.0. The number of aryl methyl sites for hydroxylation is 2. The van der Waals surface area contributed by atoms with Gasteiger partial charge in [0.1, 0.15) is 11.8 Å². The number of phenols is 1. The van der Waals surface area contributed by atoms with E-state index in [1.54, 1.807) is 12.1 Å². The number of ether oxygens (including phenoxy) is 1. The molecule has 0 aromatic heterocycles. The first kappa shape index (κ1) is 25.9. The number of nitriles is 1. The van der Waals surface area contributed by atoms with Crippen LogP contribution >= 0.6 is 0 Å². The molecule has 5 nitrogen and oxygen atoms in total. The lowest BCUT2D eigenvalue weighted by Gasteiger charge is -2.23. The molecule has 5 heteroatoms. The summed E-state index contributed by atoms with van der Waals surface area (Å²) in [6.07, 6.45) is 0.692. The molecule has 0 heterocycles. The molecule has 2 aromatic carbocycles. The van der Waals surface area contributed by atoms with Crippen molar-refractivity contribution in [2.75, 3.05) is 0 Å². The van der Waals surface area contributed by atoms with Crippen LogP contribution in [-0.2, 0) is 15.6 Å². The first-order valence-corrected chi connectivity index (χ1v) is 10.1. The van der Waals surface area contributed by atoms with E-state index in [9.17, 15) is 14.7 Å². The standard InChI is InChI=1S/C14H17NO2.C12H16O2/c1-9-6-11(8-15)13(17-10(2)16)12(7-9)14(3,4)5;1-8-5-9(7-13)11(14)10(6-8)12(2,3)4/h6-7H,1-5H3;5-7,14H,1-4H3. The fourth-order valence-corrected chi connectivity index (χ4v) is 3.14. The maximum Gasteiger partial charge on any atom is 0.308 e. The number of aromatic hydroxyl groups is 1. The monoisotopic (exact) mass is 423 g/mol. The zero-order chi connectivity index (χ0) is 24.1. The van der Waals surface area contributed by atoms with Crippen molar-refractivity contribution >= 4 is 12.3 Å². The molecule has 0 atom stereocenters. The maximum absolute atomic E-state index is 11.1. The Morgan fingerprint density at radius 1 is 0.968 bits per heavy atom. The van der Waals surface area contributed by atoms with E-state index in [0.29, 0.717) is 23.2 Å². The average molecular weight is 424 g/mol. The van der Waals surface area contributed by atoms with Crippen molar-refractivity contribution < 1.29 is 19.4 Å². The van der Waals surface area contributed by atoms with Crippen LogP contribution in [-0.4, -0.2) is 17.4 Å². The topological polar surface area (TPSA) is 87.4 Å². The van der Waals surface area contributed by atoms with Gasteiger partial charge in [0.2, 0.25) is 0 Å². The van der Waals surface area contributed by atoms with Crippen molar-refractivity contribution in [2.45, 2.75) is 73.1 Å². The van der Waals surface area contributed by atoms with Crippen LogP contribution in [0.5, 0.6) is 11.5 Å². The van der Waals surface area contributed by atoms with Crippen molar-refractivity contribution in [3.63, 3.8) is 0 Å². The lowest BCUT2D eigenvalue weighted by Crippen LogP contribution is -2.16. The minimum atomic E-state index is -0.407. The minimum Gasteiger partial charge on any atom is -0.507 e. The number of carbonyl (C=O) groups is 2. The van der Waals surface area contributed by atoms with E-state index in [1.807, 2.05) is 67.5 Å². The zero-order valence-electron chi connectivity index (χ0n) is 20.0. The fraction of sp³-hybridized carbons (Fsp3) is 0.423. The molecule has 2 aromatic rings. The number of phenolic OH excluding ortho intramolecular Hbond substituents is 1. The molecule has 0 amide bonds. The third-order valence-corrected chi connectivity index (χ3v) is 4.63. The van der Waals surface area contributed by atoms with Gasteiger partial charge in [0.05, 0.1) is 11.1 Å². The van der Waals surface area contributed by atoms with Crippen molar-refractivity contribution in [3.05, 3.63) is 57.6 Å². The third kappa shape index (κ3) is 6.96. The van der Waals surface area contributed by atoms with Gasteiger partial charge in [-0.2, -0.15) is 5.26 Å². The molecular formula is C26H33NO4. The number of nitrogens with zero attached hydrogens (tertiary/aromatic N) is 1. The van der Waals surface area contributed by atoms with Gasteiger partial charge in [-0.3, -0.25) is 9.59 Å². The first-order valence-electron chi connectivity index (χ1n) is 10.1. The summed E-state index contributed by atoms with van der Waals surface area (Å²) in [5, 5.41) is 18.9. The minimum absolute atomic E-state index is 0.109. The highest BCUT2D eigenvalue weighted by Gasteiger charge is 2.23. The summed E-state index contributed by atoms with van der Waals surface area (Å²) in [5.74, 6) is 0.0899. The molecule has 0 fully saturated rings. The summed E-state index contributed by atoms with van der Waals surface area (Å²) >= 11 is 0. The maximum atomic E-state index is 11.1. The Labute approximate surface area is 185 Å². The quantitative estimate of drug-likeness (QED) is 0.369. The van der Waals surface area contributed by atoms with Gasteiger partial charge >= 0.3 is 5.97 Å². The van der Waals surface area contributed by atoms with E-state index in [2.05, 4.69) is 6.07 Å². The van der Waals surface area contributed by atoms with E-state index in [4.69, 9.17) is 10.00 Å². The second-order valence-electron chi connectivity index (χ2n) is 9.76. The highest BCUT2D eigenvalue weighted by atomic mass is 16.5. The van der Waals surface area contributed by atoms with Gasteiger partial charge < -0.3 is 9.84 Å². The summed E-state index contributed by atoms with van der Waals surface area (Å²) < 4.78 is 5.19. The van der Waals surface area contributed by atoms with E-state index in [0.717, 1.165) is 22.3 Å². The second kappa shape index (κ2) is 9.78. The average Bonchev–Trinajstić information content (AvgIpc) is 2.62. The van der Waals surface area contributed by atoms with Crippen molar-refractivity contribution in [2.24, 2.45) is 0 Å². The molecule has 0 unspecified atom stereocenters. The lowest BCUT2D eigenvalue weighted by atomic mass is 9.84. The van der Waals surface area contributed by atoms with Crippen LogP contribution in [0, 0.1) is 25.2 Å². The molecule has 0 spiro atoms. The Morgan fingerprint density at radius 2 is 1.45 bits per heavy atom. The molecule has 0 aliphatic rings.